The van der Waals surface area contributed by atoms with E-state index in [1.54, 1.807) is 18.1 Å². The third-order valence-corrected chi connectivity index (χ3v) is 7.14. The van der Waals surface area contributed by atoms with E-state index in [1.165, 1.54) is 23.5 Å². The molecule has 0 bridgehead atoms. The second-order valence-electron chi connectivity index (χ2n) is 7.24. The van der Waals surface area contributed by atoms with Crippen LogP contribution in [0.3, 0.4) is 0 Å². The quantitative estimate of drug-likeness (QED) is 0.555. The molecular formula is C21H28N2O5S2. The summed E-state index contributed by atoms with van der Waals surface area (Å²) in [6, 6.07) is 5.46. The molecule has 3 rings (SSSR count). The van der Waals surface area contributed by atoms with E-state index in [9.17, 15) is 9.59 Å². The molecule has 30 heavy (non-hydrogen) atoms. The standard InChI is InChI=1S/C21H28N2O5S2/c1-4-29-19(24)21(2)14-30-18(22-21)15-8-7-9-16(27-13-12-26-3)17(15)28-20(25)23-10-5-6-11-23/h7-9H,4-6,10-14H2,1-3H3/t21-/m1/s1. The number of benzene rings is 1. The Balaban J connectivity index is 1.91. The van der Waals surface area contributed by atoms with Gasteiger partial charge < -0.3 is 19.1 Å². The third-order valence-electron chi connectivity index (χ3n) is 4.86. The summed E-state index contributed by atoms with van der Waals surface area (Å²) in [5.74, 6) is 2.08. The lowest BCUT2D eigenvalue weighted by Gasteiger charge is -2.19. The molecule has 1 amide bonds. The van der Waals surface area contributed by atoms with Gasteiger partial charge in [-0.3, -0.25) is 9.79 Å². The zero-order valence-corrected chi connectivity index (χ0v) is 19.3. The van der Waals surface area contributed by atoms with Gasteiger partial charge in [0.1, 0.15) is 17.2 Å². The Labute approximate surface area is 185 Å². The Morgan fingerprint density at radius 3 is 2.73 bits per heavy atom. The Hall–Kier alpha value is -1.71. The molecule has 2 aliphatic heterocycles. The molecule has 0 N–H and O–H groups in total. The van der Waals surface area contributed by atoms with Crippen LogP contribution in [-0.4, -0.2) is 71.6 Å². The summed E-state index contributed by atoms with van der Waals surface area (Å²) in [6.07, 6.45) is 1.57. The molecule has 1 atom stereocenters. The molecule has 7 nitrogen and oxygen atoms in total. The fraction of sp³-hybridized carbons (Fsp3) is 0.571. The number of likely N-dealkylation sites (tertiary alicyclic amines) is 1. The first-order chi connectivity index (χ1) is 14.5. The number of hydrogen-bond acceptors (Lipinski definition) is 8. The summed E-state index contributed by atoms with van der Waals surface area (Å²) in [5, 5.41) is 0.736. The van der Waals surface area contributed by atoms with Gasteiger partial charge in [0.2, 0.25) is 5.12 Å². The van der Waals surface area contributed by atoms with E-state index in [0.717, 1.165) is 12.8 Å². The van der Waals surface area contributed by atoms with Crippen LogP contribution in [-0.2, 0) is 9.53 Å². The van der Waals surface area contributed by atoms with Gasteiger partial charge in [-0.05, 0) is 37.7 Å². The van der Waals surface area contributed by atoms with Gasteiger partial charge in [0.25, 0.3) is 0 Å². The van der Waals surface area contributed by atoms with E-state index >= 15 is 0 Å². The highest BCUT2D eigenvalue weighted by molar-refractivity contribution is 8.16. The van der Waals surface area contributed by atoms with Crippen molar-refractivity contribution < 1.29 is 23.8 Å². The topological polar surface area (TPSA) is 77.4 Å². The first-order valence-corrected chi connectivity index (χ1v) is 12.1. The van der Waals surface area contributed by atoms with Crippen LogP contribution < -0.4 is 9.47 Å². The molecule has 1 aromatic rings. The monoisotopic (exact) mass is 452 g/mol. The molecule has 0 aromatic heterocycles. The zero-order valence-electron chi connectivity index (χ0n) is 17.6. The van der Waals surface area contributed by atoms with Crippen molar-refractivity contribution in [3.8, 4) is 11.5 Å². The van der Waals surface area contributed by atoms with Crippen LogP contribution in [0.1, 0.15) is 32.3 Å². The molecule has 164 valence electrons. The van der Waals surface area contributed by atoms with E-state index in [2.05, 4.69) is 0 Å². The average molecular weight is 453 g/mol. The molecule has 0 unspecified atom stereocenters. The molecule has 2 heterocycles. The summed E-state index contributed by atoms with van der Waals surface area (Å²) in [6.45, 7) is 5.94. The predicted octanol–water partition coefficient (Wildman–Crippen LogP) is 3.84. The lowest BCUT2D eigenvalue weighted by atomic mass is 10.1. The van der Waals surface area contributed by atoms with Crippen molar-refractivity contribution in [2.24, 2.45) is 4.99 Å². The molecule has 0 aliphatic carbocycles. The number of methoxy groups -OCH3 is 1. The lowest BCUT2D eigenvalue weighted by molar-refractivity contribution is -0.114. The van der Waals surface area contributed by atoms with Crippen molar-refractivity contribution in [3.63, 3.8) is 0 Å². The number of ether oxygens (including phenoxy) is 3. The van der Waals surface area contributed by atoms with Gasteiger partial charge in [-0.25, -0.2) is 4.79 Å². The number of nitrogens with zero attached hydrogens (tertiary/aromatic N) is 2. The number of aliphatic imine (C=N–C) groups is 1. The molecule has 0 saturated carbocycles. The Bertz CT molecular complexity index is 811. The number of thioether (sulfide) groups is 2. The average Bonchev–Trinajstić information content (AvgIpc) is 3.40. The van der Waals surface area contributed by atoms with Crippen LogP contribution in [0, 0.1) is 0 Å². The van der Waals surface area contributed by atoms with Gasteiger partial charge >= 0.3 is 6.09 Å². The Morgan fingerprint density at radius 1 is 1.27 bits per heavy atom. The van der Waals surface area contributed by atoms with Gasteiger partial charge in [-0.2, -0.15) is 0 Å². The summed E-state index contributed by atoms with van der Waals surface area (Å²) < 4.78 is 16.7. The number of hydrogen-bond donors (Lipinski definition) is 0. The van der Waals surface area contributed by atoms with Crippen LogP contribution in [0.4, 0.5) is 4.79 Å². The number of rotatable bonds is 8. The van der Waals surface area contributed by atoms with Crippen molar-refractivity contribution in [1.29, 1.82) is 0 Å². The largest absolute Gasteiger partial charge is 0.487 e. The molecule has 0 radical (unpaired) electrons. The van der Waals surface area contributed by atoms with Gasteiger partial charge in [0.05, 0.1) is 12.2 Å². The maximum absolute atomic E-state index is 12.7. The third kappa shape index (κ3) is 5.31. The highest BCUT2D eigenvalue weighted by Crippen LogP contribution is 2.40. The molecule has 1 saturated heterocycles. The highest BCUT2D eigenvalue weighted by Gasteiger charge is 2.39. The molecule has 1 aromatic carbocycles. The maximum atomic E-state index is 12.7. The van der Waals surface area contributed by atoms with E-state index < -0.39 is 5.54 Å². The molecule has 1 fully saturated rings. The first kappa shape index (κ1) is 23.0. The van der Waals surface area contributed by atoms with Crippen LogP contribution in [0.25, 0.3) is 0 Å². The van der Waals surface area contributed by atoms with Crippen molar-refractivity contribution in [3.05, 3.63) is 23.8 Å². The number of carbonyl (C=O) groups is 2. The minimum atomic E-state index is -0.788. The van der Waals surface area contributed by atoms with E-state index in [1.807, 2.05) is 26.0 Å². The predicted molar refractivity (Wildman–Crippen MR) is 121 cm³/mol. The minimum Gasteiger partial charge on any atom is -0.487 e. The second kappa shape index (κ2) is 10.5. The van der Waals surface area contributed by atoms with Crippen molar-refractivity contribution >= 4 is 39.8 Å². The van der Waals surface area contributed by atoms with Crippen LogP contribution in [0.15, 0.2) is 23.2 Å². The molecule has 9 heteroatoms. The van der Waals surface area contributed by atoms with Crippen LogP contribution in [0.5, 0.6) is 11.5 Å². The van der Waals surface area contributed by atoms with Crippen molar-refractivity contribution in [2.75, 3.05) is 44.9 Å². The maximum Gasteiger partial charge on any atom is 0.415 e. The second-order valence-corrected chi connectivity index (χ2v) is 9.44. The van der Waals surface area contributed by atoms with E-state index in [4.69, 9.17) is 19.2 Å². The molecule has 0 spiro atoms. The fourth-order valence-corrected chi connectivity index (χ4v) is 5.19. The number of amides is 1. The van der Waals surface area contributed by atoms with Gasteiger partial charge in [-0.1, -0.05) is 24.8 Å². The van der Waals surface area contributed by atoms with Crippen molar-refractivity contribution in [2.45, 2.75) is 32.2 Å². The Kier molecular flexibility index (Phi) is 8.07. The van der Waals surface area contributed by atoms with Crippen molar-refractivity contribution in [1.82, 2.24) is 4.90 Å². The van der Waals surface area contributed by atoms with Crippen LogP contribution in [0.2, 0.25) is 0 Å². The van der Waals surface area contributed by atoms with E-state index in [0.29, 0.717) is 59.9 Å². The van der Waals surface area contributed by atoms with Crippen LogP contribution >= 0.6 is 23.5 Å². The zero-order chi connectivity index (χ0) is 21.6. The summed E-state index contributed by atoms with van der Waals surface area (Å²) in [5.41, 5.74) is -0.121. The summed E-state index contributed by atoms with van der Waals surface area (Å²) in [7, 11) is 1.60. The number of para-hydroxylation sites is 1. The summed E-state index contributed by atoms with van der Waals surface area (Å²) >= 11 is 2.78. The first-order valence-electron chi connectivity index (χ1n) is 10.1. The lowest BCUT2D eigenvalue weighted by Crippen LogP contribution is -2.31. The highest BCUT2D eigenvalue weighted by atomic mass is 32.2. The Morgan fingerprint density at radius 2 is 2.03 bits per heavy atom. The normalized spacial score (nSPS) is 20.9. The van der Waals surface area contributed by atoms with Gasteiger partial charge in [0.15, 0.2) is 11.5 Å². The molecule has 2 aliphatic rings. The minimum absolute atomic E-state index is 0.0515. The SMILES string of the molecule is CCSC(=O)[C@@]1(C)CSC(c2cccc(OCCOC)c2OC(=O)N2CCCC2)=N1. The van der Waals surface area contributed by atoms with Gasteiger partial charge in [0, 0.05) is 26.0 Å². The van der Waals surface area contributed by atoms with E-state index in [-0.39, 0.29) is 11.2 Å². The van der Waals surface area contributed by atoms with Gasteiger partial charge in [-0.15, -0.1) is 11.8 Å². The summed E-state index contributed by atoms with van der Waals surface area (Å²) in [4.78, 5) is 31.7. The smallest absolute Gasteiger partial charge is 0.415 e. The number of carbonyl (C=O) groups excluding carboxylic acids is 2. The fourth-order valence-electron chi connectivity index (χ4n) is 3.22. The molecular weight excluding hydrogens is 424 g/mol.